The molecule has 1 aliphatic heterocycles. The Kier molecular flexibility index (Phi) is 10.7. The first kappa shape index (κ1) is 34.6. The van der Waals surface area contributed by atoms with Crippen LogP contribution in [0, 0.1) is 11.3 Å². The number of hydrogen-bond acceptors (Lipinski definition) is 9. The van der Waals surface area contributed by atoms with E-state index in [1.165, 1.54) is 17.0 Å². The van der Waals surface area contributed by atoms with E-state index in [4.69, 9.17) is 15.9 Å². The Bertz CT molecular complexity index is 1730. The summed E-state index contributed by atoms with van der Waals surface area (Å²) in [6, 6.07) is 18.0. The zero-order valence-electron chi connectivity index (χ0n) is 25.4. The Labute approximate surface area is 273 Å². The molecule has 48 heavy (non-hydrogen) atoms. The number of nitrogens with one attached hydrogen (secondary N) is 3. The van der Waals surface area contributed by atoms with Gasteiger partial charge in [0, 0.05) is 23.7 Å². The van der Waals surface area contributed by atoms with Gasteiger partial charge in [0.05, 0.1) is 37.0 Å². The van der Waals surface area contributed by atoms with E-state index in [9.17, 15) is 44.1 Å². The second-order valence-corrected chi connectivity index (χ2v) is 11.2. The van der Waals surface area contributed by atoms with E-state index in [1.54, 1.807) is 60.7 Å². The SMILES string of the molecule is N=C(N)c1ccc(CN2C(=O)COc3cc(N[C@](C=O)(Cc4ccccc4)C(=O)NC(CC(=O)O)C(CC(=O)O)C(=O)O)ccc32)cc1. The normalized spacial score (nSPS) is 14.7. The summed E-state index contributed by atoms with van der Waals surface area (Å²) in [4.78, 5) is 76.1. The van der Waals surface area contributed by atoms with Gasteiger partial charge in [-0.05, 0) is 23.3 Å². The molecule has 1 heterocycles. The number of carbonyl (C=O) groups is 6. The van der Waals surface area contributed by atoms with Crippen molar-refractivity contribution < 1.29 is 48.8 Å². The van der Waals surface area contributed by atoms with Crippen molar-refractivity contribution in [3.63, 3.8) is 0 Å². The molecule has 2 amide bonds. The average Bonchev–Trinajstić information content (AvgIpc) is 3.04. The molecule has 3 atom stereocenters. The van der Waals surface area contributed by atoms with Crippen molar-refractivity contribution in [2.24, 2.45) is 11.7 Å². The highest BCUT2D eigenvalue weighted by Crippen LogP contribution is 2.36. The van der Waals surface area contributed by atoms with Crippen molar-refractivity contribution in [1.29, 1.82) is 5.41 Å². The monoisotopic (exact) mass is 659 g/mol. The first-order chi connectivity index (χ1) is 22.8. The number of amidine groups is 1. The van der Waals surface area contributed by atoms with Gasteiger partial charge < -0.3 is 46.1 Å². The number of nitrogens with two attached hydrogens (primary N) is 1. The van der Waals surface area contributed by atoms with Crippen molar-refractivity contribution >= 4 is 53.2 Å². The smallest absolute Gasteiger partial charge is 0.309 e. The van der Waals surface area contributed by atoms with Crippen LogP contribution in [0.2, 0.25) is 0 Å². The number of aldehydes is 1. The molecule has 15 heteroatoms. The van der Waals surface area contributed by atoms with Crippen LogP contribution in [0.15, 0.2) is 72.8 Å². The van der Waals surface area contributed by atoms with Crippen LogP contribution in [-0.4, -0.2) is 75.4 Å². The third kappa shape index (κ3) is 8.31. The predicted octanol–water partition coefficient (Wildman–Crippen LogP) is 1.62. The van der Waals surface area contributed by atoms with E-state index in [2.05, 4.69) is 10.6 Å². The Morgan fingerprint density at radius 2 is 1.62 bits per heavy atom. The summed E-state index contributed by atoms with van der Waals surface area (Å²) in [7, 11) is 0. The number of benzene rings is 3. The zero-order valence-corrected chi connectivity index (χ0v) is 25.4. The molecule has 0 saturated heterocycles. The molecule has 0 fully saturated rings. The number of anilines is 2. The van der Waals surface area contributed by atoms with Gasteiger partial charge in [0.15, 0.2) is 18.4 Å². The van der Waals surface area contributed by atoms with E-state index in [-0.39, 0.29) is 42.8 Å². The highest BCUT2D eigenvalue weighted by atomic mass is 16.5. The molecule has 250 valence electrons. The maximum absolute atomic E-state index is 13.9. The van der Waals surface area contributed by atoms with Gasteiger partial charge in [0.25, 0.3) is 11.8 Å². The molecule has 3 aromatic carbocycles. The highest BCUT2D eigenvalue weighted by Gasteiger charge is 2.43. The maximum atomic E-state index is 13.9. The topological polar surface area (TPSA) is 250 Å². The van der Waals surface area contributed by atoms with Crippen molar-refractivity contribution in [3.8, 4) is 5.75 Å². The molecular weight excluding hydrogens is 626 g/mol. The maximum Gasteiger partial charge on any atom is 0.309 e. The molecule has 8 N–H and O–H groups in total. The molecule has 0 aliphatic carbocycles. The van der Waals surface area contributed by atoms with Gasteiger partial charge in [-0.3, -0.25) is 29.4 Å². The number of ether oxygens (including phenoxy) is 1. The van der Waals surface area contributed by atoms with E-state index in [1.807, 2.05) is 0 Å². The van der Waals surface area contributed by atoms with E-state index in [0.29, 0.717) is 23.1 Å². The van der Waals surface area contributed by atoms with Gasteiger partial charge in [-0.25, -0.2) is 0 Å². The van der Waals surface area contributed by atoms with Crippen LogP contribution in [0.5, 0.6) is 5.75 Å². The van der Waals surface area contributed by atoms with Crippen LogP contribution in [0.25, 0.3) is 0 Å². The van der Waals surface area contributed by atoms with Gasteiger partial charge in [0.2, 0.25) is 0 Å². The minimum absolute atomic E-state index is 0.0962. The Hall–Kier alpha value is -6.25. The van der Waals surface area contributed by atoms with Crippen molar-refractivity contribution in [3.05, 3.63) is 89.5 Å². The van der Waals surface area contributed by atoms with Crippen LogP contribution < -0.4 is 26.0 Å². The van der Waals surface area contributed by atoms with Crippen LogP contribution in [0.1, 0.15) is 29.5 Å². The second-order valence-electron chi connectivity index (χ2n) is 11.2. The zero-order chi connectivity index (χ0) is 35.0. The minimum atomic E-state index is -2.14. The lowest BCUT2D eigenvalue weighted by Crippen LogP contribution is -2.59. The number of nitrogens with zero attached hydrogens (tertiary/aromatic N) is 1. The molecule has 0 aromatic heterocycles. The third-order valence-corrected chi connectivity index (χ3v) is 7.72. The van der Waals surface area contributed by atoms with E-state index >= 15 is 0 Å². The number of aliphatic carboxylic acids is 3. The van der Waals surface area contributed by atoms with Gasteiger partial charge in [-0.1, -0.05) is 54.6 Å². The van der Waals surface area contributed by atoms with Crippen LogP contribution in [-0.2, 0) is 41.7 Å². The molecule has 3 aromatic rings. The fraction of sp³-hybridized carbons (Fsp3) is 0.242. The van der Waals surface area contributed by atoms with Gasteiger partial charge in [0.1, 0.15) is 11.6 Å². The fourth-order valence-corrected chi connectivity index (χ4v) is 5.28. The molecule has 0 radical (unpaired) electrons. The Morgan fingerprint density at radius 3 is 2.21 bits per heavy atom. The lowest BCUT2D eigenvalue weighted by Gasteiger charge is -2.34. The molecule has 0 bridgehead atoms. The number of carboxylic acids is 3. The largest absolute Gasteiger partial charge is 0.481 e. The summed E-state index contributed by atoms with van der Waals surface area (Å²) < 4.78 is 5.67. The lowest BCUT2D eigenvalue weighted by atomic mass is 9.88. The molecule has 15 nitrogen and oxygen atoms in total. The summed E-state index contributed by atoms with van der Waals surface area (Å²) in [5.41, 5.74) is 5.78. The van der Waals surface area contributed by atoms with Gasteiger partial charge >= 0.3 is 17.9 Å². The molecule has 0 saturated carbocycles. The van der Waals surface area contributed by atoms with Gasteiger partial charge in [-0.2, -0.15) is 0 Å². The predicted molar refractivity (Wildman–Crippen MR) is 171 cm³/mol. The number of amides is 2. The summed E-state index contributed by atoms with van der Waals surface area (Å²) >= 11 is 0. The molecular formula is C33H33N5O10. The van der Waals surface area contributed by atoms with Crippen LogP contribution in [0.4, 0.5) is 11.4 Å². The number of rotatable bonds is 16. The second kappa shape index (κ2) is 14.9. The van der Waals surface area contributed by atoms with Crippen molar-refractivity contribution in [2.45, 2.75) is 37.4 Å². The summed E-state index contributed by atoms with van der Waals surface area (Å²) in [5.74, 6) is -7.74. The van der Waals surface area contributed by atoms with E-state index in [0.717, 1.165) is 5.56 Å². The number of fused-ring (bicyclic) bond motifs is 1. The fourth-order valence-electron chi connectivity index (χ4n) is 5.28. The Morgan fingerprint density at radius 1 is 0.958 bits per heavy atom. The Balaban J connectivity index is 1.68. The molecule has 4 rings (SSSR count). The number of hydrogen-bond donors (Lipinski definition) is 7. The average molecular weight is 660 g/mol. The standard InChI is InChI=1S/C33H33N5O10/c34-30(35)21-8-6-20(7-9-21)16-38-25-11-10-22(12-26(25)48-17-27(38)40)37-33(18-39,15-19-4-2-1-3-5-19)32(47)36-24(14-29(43)44)23(31(45)46)13-28(41)42/h1-12,18,23-24,37H,13-17H2,(H3,34,35)(H,36,47)(H,41,42)(H,43,44)(H,45,46)/t23?,24?,33-/m0/s1. The minimum Gasteiger partial charge on any atom is -0.481 e. The quantitative estimate of drug-likeness (QED) is 0.0502. The molecule has 2 unspecified atom stereocenters. The first-order valence-corrected chi connectivity index (χ1v) is 14.6. The number of carbonyl (C=O) groups excluding carboxylic acids is 3. The first-order valence-electron chi connectivity index (χ1n) is 14.6. The lowest BCUT2D eigenvalue weighted by molar-refractivity contribution is -0.151. The number of carboxylic acid groups (broad SMARTS) is 3. The van der Waals surface area contributed by atoms with Gasteiger partial charge in [-0.15, -0.1) is 0 Å². The van der Waals surface area contributed by atoms with E-state index < -0.39 is 54.2 Å². The molecule has 0 spiro atoms. The number of nitrogen functional groups attached to an aromatic ring is 1. The van der Waals surface area contributed by atoms with Crippen LogP contribution in [0.3, 0.4) is 0 Å². The highest BCUT2D eigenvalue weighted by molar-refractivity contribution is 6.06. The van der Waals surface area contributed by atoms with Crippen molar-refractivity contribution in [2.75, 3.05) is 16.8 Å². The third-order valence-electron chi connectivity index (χ3n) is 7.72. The summed E-state index contributed by atoms with van der Waals surface area (Å²) in [5, 5.41) is 41.2. The molecule has 1 aliphatic rings. The van der Waals surface area contributed by atoms with Crippen LogP contribution >= 0.6 is 0 Å². The van der Waals surface area contributed by atoms with Crippen molar-refractivity contribution in [1.82, 2.24) is 5.32 Å². The summed E-state index contributed by atoms with van der Waals surface area (Å²) in [6.07, 6.45) is -1.87. The summed E-state index contributed by atoms with van der Waals surface area (Å²) in [6.45, 7) is -0.136.